The van der Waals surface area contributed by atoms with Gasteiger partial charge in [0.25, 0.3) is 0 Å². The van der Waals surface area contributed by atoms with Crippen molar-refractivity contribution >= 4 is 12.2 Å². The highest BCUT2D eigenvalue weighted by Crippen LogP contribution is 2.17. The van der Waals surface area contributed by atoms with E-state index in [1.54, 1.807) is 12.4 Å². The first kappa shape index (κ1) is 7.30. The second kappa shape index (κ2) is 2.60. The fourth-order valence-corrected chi connectivity index (χ4v) is 1.39. The largest absolute Gasteiger partial charge is 0.480 e. The van der Waals surface area contributed by atoms with Gasteiger partial charge in [0, 0.05) is 12.4 Å². The van der Waals surface area contributed by atoms with Crippen molar-refractivity contribution < 1.29 is 9.90 Å². The standard InChI is InChI=1S/C7H9N3O2/c11-7(12)6-5-3-8-1-2-10(5)4-9-6/h1,3,6,9H,2,4H2,(H,11,12). The number of aliphatic imine (C=N–C) groups is 1. The molecular formula is C7H9N3O2. The van der Waals surface area contributed by atoms with Crippen molar-refractivity contribution in [2.45, 2.75) is 6.04 Å². The molecule has 1 atom stereocenters. The third-order valence-electron chi connectivity index (χ3n) is 2.01. The summed E-state index contributed by atoms with van der Waals surface area (Å²) in [6.45, 7) is 1.29. The zero-order valence-corrected chi connectivity index (χ0v) is 6.40. The highest BCUT2D eigenvalue weighted by atomic mass is 16.4. The van der Waals surface area contributed by atoms with Gasteiger partial charge in [-0.1, -0.05) is 0 Å². The normalized spacial score (nSPS) is 26.8. The van der Waals surface area contributed by atoms with Crippen molar-refractivity contribution in [3.63, 3.8) is 0 Å². The summed E-state index contributed by atoms with van der Waals surface area (Å²) in [5, 5.41) is 11.6. The number of fused-ring (bicyclic) bond motifs is 1. The highest BCUT2D eigenvalue weighted by molar-refractivity contribution is 5.79. The van der Waals surface area contributed by atoms with Crippen LogP contribution >= 0.6 is 0 Å². The van der Waals surface area contributed by atoms with Gasteiger partial charge in [0.2, 0.25) is 0 Å². The lowest BCUT2D eigenvalue weighted by atomic mass is 10.2. The third kappa shape index (κ3) is 0.984. The van der Waals surface area contributed by atoms with Gasteiger partial charge in [0.1, 0.15) is 6.04 Å². The lowest BCUT2D eigenvalue weighted by Crippen LogP contribution is -2.31. The molecule has 0 amide bonds. The number of nitrogens with zero attached hydrogens (tertiary/aromatic N) is 2. The van der Waals surface area contributed by atoms with Crippen molar-refractivity contribution in [2.75, 3.05) is 13.2 Å². The first-order valence-electron chi connectivity index (χ1n) is 3.72. The molecule has 0 aromatic rings. The molecule has 0 aliphatic carbocycles. The quantitative estimate of drug-likeness (QED) is 0.538. The van der Waals surface area contributed by atoms with E-state index in [0.717, 1.165) is 5.70 Å². The van der Waals surface area contributed by atoms with Crippen LogP contribution in [-0.4, -0.2) is 41.4 Å². The molecule has 0 spiro atoms. The Morgan fingerprint density at radius 3 is 3.42 bits per heavy atom. The number of carbonyl (C=O) groups is 1. The number of hydrogen-bond donors (Lipinski definition) is 2. The number of carboxylic acids is 1. The summed E-state index contributed by atoms with van der Waals surface area (Å²) in [6.07, 6.45) is 3.36. The molecule has 0 bridgehead atoms. The van der Waals surface area contributed by atoms with E-state index in [-0.39, 0.29) is 0 Å². The Kier molecular flexibility index (Phi) is 1.58. The number of nitrogens with one attached hydrogen (secondary N) is 1. The summed E-state index contributed by atoms with van der Waals surface area (Å²) in [7, 11) is 0. The van der Waals surface area contributed by atoms with Gasteiger partial charge in [-0.2, -0.15) is 0 Å². The van der Waals surface area contributed by atoms with Crippen molar-refractivity contribution in [3.05, 3.63) is 11.9 Å². The zero-order chi connectivity index (χ0) is 8.55. The van der Waals surface area contributed by atoms with Gasteiger partial charge in [0.15, 0.2) is 0 Å². The predicted molar refractivity (Wildman–Crippen MR) is 42.7 cm³/mol. The molecule has 12 heavy (non-hydrogen) atoms. The van der Waals surface area contributed by atoms with Gasteiger partial charge in [-0.3, -0.25) is 15.1 Å². The summed E-state index contributed by atoms with van der Waals surface area (Å²) < 4.78 is 0. The van der Waals surface area contributed by atoms with E-state index >= 15 is 0 Å². The Morgan fingerprint density at radius 1 is 1.83 bits per heavy atom. The highest BCUT2D eigenvalue weighted by Gasteiger charge is 2.32. The Balaban J connectivity index is 2.25. The molecule has 0 saturated carbocycles. The van der Waals surface area contributed by atoms with E-state index in [1.165, 1.54) is 0 Å². The average Bonchev–Trinajstić information content (AvgIpc) is 2.47. The van der Waals surface area contributed by atoms with Gasteiger partial charge in [0.05, 0.1) is 18.9 Å². The summed E-state index contributed by atoms with van der Waals surface area (Å²) in [4.78, 5) is 16.5. The van der Waals surface area contributed by atoms with Gasteiger partial charge in [-0.25, -0.2) is 0 Å². The SMILES string of the molecule is O=C(O)C1NCN2CC=NC=C12. The summed E-state index contributed by atoms with van der Waals surface area (Å²) in [6, 6.07) is -0.581. The minimum Gasteiger partial charge on any atom is -0.480 e. The minimum atomic E-state index is -0.846. The van der Waals surface area contributed by atoms with E-state index in [4.69, 9.17) is 5.11 Å². The monoisotopic (exact) mass is 167 g/mol. The van der Waals surface area contributed by atoms with Crippen LogP contribution in [0.15, 0.2) is 16.9 Å². The lowest BCUT2D eigenvalue weighted by Gasteiger charge is -2.19. The molecule has 2 rings (SSSR count). The average molecular weight is 167 g/mol. The second-order valence-corrected chi connectivity index (χ2v) is 2.74. The molecular weight excluding hydrogens is 158 g/mol. The molecule has 1 fully saturated rings. The molecule has 5 nitrogen and oxygen atoms in total. The van der Waals surface area contributed by atoms with E-state index in [9.17, 15) is 4.79 Å². The molecule has 2 heterocycles. The molecule has 2 aliphatic rings. The summed E-state index contributed by atoms with van der Waals surface area (Å²) >= 11 is 0. The molecule has 0 aromatic carbocycles. The van der Waals surface area contributed by atoms with Crippen LogP contribution in [0.4, 0.5) is 0 Å². The molecule has 2 N–H and O–H groups in total. The molecule has 64 valence electrons. The van der Waals surface area contributed by atoms with Crippen LogP contribution in [-0.2, 0) is 4.79 Å². The Hall–Kier alpha value is -1.36. The number of hydrogen-bond acceptors (Lipinski definition) is 4. The van der Waals surface area contributed by atoms with Gasteiger partial charge >= 0.3 is 5.97 Å². The van der Waals surface area contributed by atoms with E-state index < -0.39 is 12.0 Å². The van der Waals surface area contributed by atoms with Crippen molar-refractivity contribution in [1.82, 2.24) is 10.2 Å². The maximum absolute atomic E-state index is 10.7. The Morgan fingerprint density at radius 2 is 2.67 bits per heavy atom. The van der Waals surface area contributed by atoms with Crippen LogP contribution in [0.5, 0.6) is 0 Å². The van der Waals surface area contributed by atoms with Gasteiger partial charge < -0.3 is 10.0 Å². The molecule has 5 heteroatoms. The maximum atomic E-state index is 10.7. The number of aliphatic carboxylic acids is 1. The first-order chi connectivity index (χ1) is 5.79. The molecule has 1 saturated heterocycles. The van der Waals surface area contributed by atoms with Crippen molar-refractivity contribution in [3.8, 4) is 0 Å². The van der Waals surface area contributed by atoms with Crippen LogP contribution in [0.1, 0.15) is 0 Å². The fourth-order valence-electron chi connectivity index (χ4n) is 1.39. The summed E-state index contributed by atoms with van der Waals surface area (Å²) in [5.41, 5.74) is 0.755. The van der Waals surface area contributed by atoms with Crippen LogP contribution in [0.3, 0.4) is 0 Å². The second-order valence-electron chi connectivity index (χ2n) is 2.74. The molecule has 0 radical (unpaired) electrons. The minimum absolute atomic E-state index is 0.581. The maximum Gasteiger partial charge on any atom is 0.327 e. The van der Waals surface area contributed by atoms with Crippen LogP contribution in [0.2, 0.25) is 0 Å². The lowest BCUT2D eigenvalue weighted by molar-refractivity contribution is -0.138. The first-order valence-corrected chi connectivity index (χ1v) is 3.72. The third-order valence-corrected chi connectivity index (χ3v) is 2.01. The van der Waals surface area contributed by atoms with Crippen molar-refractivity contribution in [1.29, 1.82) is 0 Å². The van der Waals surface area contributed by atoms with Crippen molar-refractivity contribution in [2.24, 2.45) is 4.99 Å². The van der Waals surface area contributed by atoms with E-state index in [1.807, 2.05) is 4.90 Å². The van der Waals surface area contributed by atoms with Crippen LogP contribution in [0, 0.1) is 0 Å². The van der Waals surface area contributed by atoms with E-state index in [2.05, 4.69) is 10.3 Å². The number of rotatable bonds is 1. The van der Waals surface area contributed by atoms with Crippen LogP contribution < -0.4 is 5.32 Å². The Bertz CT molecular complexity index is 272. The molecule has 2 aliphatic heterocycles. The van der Waals surface area contributed by atoms with Gasteiger partial charge in [-0.15, -0.1) is 0 Å². The summed E-state index contributed by atoms with van der Waals surface area (Å²) in [5.74, 6) is -0.846. The Labute approximate surface area is 69.4 Å². The fraction of sp³-hybridized carbons (Fsp3) is 0.429. The smallest absolute Gasteiger partial charge is 0.327 e. The predicted octanol–water partition coefficient (Wildman–Crippen LogP) is -0.772. The van der Waals surface area contributed by atoms with E-state index in [0.29, 0.717) is 13.2 Å². The molecule has 1 unspecified atom stereocenters. The molecule has 0 aromatic heterocycles. The topological polar surface area (TPSA) is 64.9 Å². The van der Waals surface area contributed by atoms with Crippen LogP contribution in [0.25, 0.3) is 0 Å². The van der Waals surface area contributed by atoms with Gasteiger partial charge in [-0.05, 0) is 0 Å². The number of carboxylic acid groups (broad SMARTS) is 1. The zero-order valence-electron chi connectivity index (χ0n) is 6.40.